The Kier molecular flexibility index (Phi) is 5.56. The molecule has 3 rings (SSSR count). The van der Waals surface area contributed by atoms with Gasteiger partial charge in [-0.3, -0.25) is 10.1 Å². The van der Waals surface area contributed by atoms with E-state index in [0.29, 0.717) is 30.2 Å². The fourth-order valence-electron chi connectivity index (χ4n) is 2.62. The molecular formula is C20H19N3O3. The largest absolute Gasteiger partial charge is 0.380 e. The van der Waals surface area contributed by atoms with Gasteiger partial charge in [-0.15, -0.1) is 0 Å². The summed E-state index contributed by atoms with van der Waals surface area (Å²) in [6.45, 7) is 1.16. The molecule has 0 fully saturated rings. The van der Waals surface area contributed by atoms with Crippen molar-refractivity contribution in [1.29, 1.82) is 0 Å². The highest BCUT2D eigenvalue weighted by molar-refractivity contribution is 5.71. The predicted molar refractivity (Wildman–Crippen MR) is 101 cm³/mol. The van der Waals surface area contributed by atoms with Crippen LogP contribution in [0.2, 0.25) is 0 Å². The molecule has 1 aromatic heterocycles. The Morgan fingerprint density at radius 2 is 1.69 bits per heavy atom. The molecule has 0 bridgehead atoms. The third-order valence-electron chi connectivity index (χ3n) is 3.93. The second-order valence-corrected chi connectivity index (χ2v) is 5.79. The van der Waals surface area contributed by atoms with Gasteiger partial charge in [0.2, 0.25) is 0 Å². The van der Waals surface area contributed by atoms with Gasteiger partial charge in [-0.25, -0.2) is 4.98 Å². The minimum absolute atomic E-state index is 0.00864. The number of rotatable bonds is 7. The van der Waals surface area contributed by atoms with Gasteiger partial charge in [0.15, 0.2) is 5.69 Å². The second kappa shape index (κ2) is 8.22. The first-order valence-electron chi connectivity index (χ1n) is 8.19. The summed E-state index contributed by atoms with van der Waals surface area (Å²) in [5, 5.41) is 14.5. The summed E-state index contributed by atoms with van der Waals surface area (Å²) >= 11 is 0. The van der Waals surface area contributed by atoms with Crippen molar-refractivity contribution in [3.8, 4) is 11.3 Å². The molecule has 26 heavy (non-hydrogen) atoms. The van der Waals surface area contributed by atoms with Gasteiger partial charge < -0.3 is 10.1 Å². The van der Waals surface area contributed by atoms with Gasteiger partial charge in [-0.05, 0) is 17.2 Å². The molecule has 0 saturated heterocycles. The zero-order chi connectivity index (χ0) is 18.4. The number of nitrogens with zero attached hydrogens (tertiary/aromatic N) is 2. The van der Waals surface area contributed by atoms with E-state index in [2.05, 4.69) is 10.3 Å². The molecular weight excluding hydrogens is 330 g/mol. The van der Waals surface area contributed by atoms with Crippen molar-refractivity contribution in [3.63, 3.8) is 0 Å². The van der Waals surface area contributed by atoms with Crippen LogP contribution in [0.3, 0.4) is 0 Å². The zero-order valence-corrected chi connectivity index (χ0v) is 14.4. The van der Waals surface area contributed by atoms with E-state index in [4.69, 9.17) is 4.74 Å². The van der Waals surface area contributed by atoms with Crippen LogP contribution in [0.15, 0.2) is 66.7 Å². The van der Waals surface area contributed by atoms with Crippen LogP contribution in [-0.2, 0) is 17.9 Å². The third-order valence-corrected chi connectivity index (χ3v) is 3.93. The lowest BCUT2D eigenvalue weighted by molar-refractivity contribution is -0.384. The monoisotopic (exact) mass is 349 g/mol. The molecule has 2 aromatic carbocycles. The average Bonchev–Trinajstić information content (AvgIpc) is 2.68. The summed E-state index contributed by atoms with van der Waals surface area (Å²) in [5.74, 6) is 0.593. The van der Waals surface area contributed by atoms with Gasteiger partial charge in [0.25, 0.3) is 5.69 Å². The van der Waals surface area contributed by atoms with Crippen LogP contribution in [0, 0.1) is 10.1 Å². The molecule has 0 aliphatic carbocycles. The lowest BCUT2D eigenvalue weighted by atomic mass is 10.1. The Morgan fingerprint density at radius 1 is 1.00 bits per heavy atom. The minimum Gasteiger partial charge on any atom is -0.380 e. The van der Waals surface area contributed by atoms with E-state index in [9.17, 15) is 10.1 Å². The Labute approximate surface area is 151 Å². The van der Waals surface area contributed by atoms with E-state index in [1.807, 2.05) is 54.6 Å². The summed E-state index contributed by atoms with van der Waals surface area (Å²) in [5.41, 5.74) is 3.26. The first-order valence-corrected chi connectivity index (χ1v) is 8.19. The van der Waals surface area contributed by atoms with E-state index in [1.54, 1.807) is 13.2 Å². The Morgan fingerprint density at radius 3 is 2.35 bits per heavy atom. The summed E-state index contributed by atoms with van der Waals surface area (Å²) in [7, 11) is 1.67. The molecule has 1 heterocycles. The van der Waals surface area contributed by atoms with Crippen LogP contribution in [0.25, 0.3) is 11.3 Å². The Balaban J connectivity index is 1.79. The van der Waals surface area contributed by atoms with E-state index >= 15 is 0 Å². The fourth-order valence-corrected chi connectivity index (χ4v) is 2.62. The summed E-state index contributed by atoms with van der Waals surface area (Å²) < 4.78 is 5.10. The molecule has 0 aliphatic heterocycles. The van der Waals surface area contributed by atoms with Crippen molar-refractivity contribution in [2.24, 2.45) is 0 Å². The first kappa shape index (κ1) is 17.6. The van der Waals surface area contributed by atoms with Gasteiger partial charge in [0.1, 0.15) is 5.82 Å². The van der Waals surface area contributed by atoms with E-state index < -0.39 is 4.92 Å². The Bertz CT molecular complexity index is 881. The van der Waals surface area contributed by atoms with Crippen LogP contribution in [0.5, 0.6) is 0 Å². The number of ether oxygens (including phenoxy) is 1. The SMILES string of the molecule is COCc1ccc(CNc2ccc([N+](=O)[O-])c(-c3ccccc3)n2)cc1. The number of methoxy groups -OCH3 is 1. The molecule has 0 aliphatic rings. The normalized spacial score (nSPS) is 10.5. The van der Waals surface area contributed by atoms with Gasteiger partial charge >= 0.3 is 0 Å². The van der Waals surface area contributed by atoms with Crippen LogP contribution in [0.1, 0.15) is 11.1 Å². The van der Waals surface area contributed by atoms with Crippen molar-refractivity contribution >= 4 is 11.5 Å². The number of benzene rings is 2. The topological polar surface area (TPSA) is 77.3 Å². The molecule has 0 radical (unpaired) electrons. The fraction of sp³-hybridized carbons (Fsp3) is 0.150. The quantitative estimate of drug-likeness (QED) is 0.505. The highest BCUT2D eigenvalue weighted by atomic mass is 16.6. The predicted octanol–water partition coefficient (Wildman–Crippen LogP) is 4.42. The minimum atomic E-state index is -0.409. The van der Waals surface area contributed by atoms with Gasteiger partial charge in [0, 0.05) is 25.3 Å². The average molecular weight is 349 g/mol. The smallest absolute Gasteiger partial charge is 0.295 e. The van der Waals surface area contributed by atoms with Crippen LogP contribution >= 0.6 is 0 Å². The lowest BCUT2D eigenvalue weighted by Crippen LogP contribution is -2.03. The number of anilines is 1. The van der Waals surface area contributed by atoms with Crippen LogP contribution < -0.4 is 5.32 Å². The highest BCUT2D eigenvalue weighted by Gasteiger charge is 2.17. The van der Waals surface area contributed by atoms with Crippen molar-refractivity contribution in [2.45, 2.75) is 13.2 Å². The van der Waals surface area contributed by atoms with Crippen LogP contribution in [0.4, 0.5) is 11.5 Å². The molecule has 0 amide bonds. The zero-order valence-electron chi connectivity index (χ0n) is 14.4. The molecule has 6 nitrogen and oxygen atoms in total. The summed E-state index contributed by atoms with van der Waals surface area (Å²) in [4.78, 5) is 15.4. The number of nitro groups is 1. The standard InChI is InChI=1S/C20H19N3O3/c1-26-14-16-9-7-15(8-10-16)13-21-19-12-11-18(23(24)25)20(22-19)17-5-3-2-4-6-17/h2-12H,13-14H2,1H3,(H,21,22). The Hall–Kier alpha value is -3.25. The highest BCUT2D eigenvalue weighted by Crippen LogP contribution is 2.29. The van der Waals surface area contributed by atoms with E-state index in [-0.39, 0.29) is 5.69 Å². The molecule has 0 unspecified atom stereocenters. The first-order chi connectivity index (χ1) is 12.7. The molecule has 3 aromatic rings. The van der Waals surface area contributed by atoms with Gasteiger partial charge in [0.05, 0.1) is 11.5 Å². The molecule has 132 valence electrons. The number of hydrogen-bond donors (Lipinski definition) is 1. The maximum atomic E-state index is 11.3. The number of aromatic nitrogens is 1. The van der Waals surface area contributed by atoms with Gasteiger partial charge in [-0.1, -0.05) is 54.6 Å². The van der Waals surface area contributed by atoms with Crippen molar-refractivity contribution in [1.82, 2.24) is 4.98 Å². The summed E-state index contributed by atoms with van der Waals surface area (Å²) in [6, 6.07) is 20.3. The number of pyridine rings is 1. The van der Waals surface area contributed by atoms with Gasteiger partial charge in [-0.2, -0.15) is 0 Å². The molecule has 0 atom stereocenters. The van der Waals surface area contributed by atoms with Crippen molar-refractivity contribution in [2.75, 3.05) is 12.4 Å². The maximum absolute atomic E-state index is 11.3. The molecule has 1 N–H and O–H groups in total. The second-order valence-electron chi connectivity index (χ2n) is 5.79. The van der Waals surface area contributed by atoms with Crippen molar-refractivity contribution in [3.05, 3.63) is 88.0 Å². The van der Waals surface area contributed by atoms with Crippen molar-refractivity contribution < 1.29 is 9.66 Å². The summed E-state index contributed by atoms with van der Waals surface area (Å²) in [6.07, 6.45) is 0. The maximum Gasteiger partial charge on any atom is 0.295 e. The number of nitrogens with one attached hydrogen (secondary N) is 1. The van der Waals surface area contributed by atoms with Crippen LogP contribution in [-0.4, -0.2) is 17.0 Å². The molecule has 6 heteroatoms. The van der Waals surface area contributed by atoms with E-state index in [0.717, 1.165) is 11.1 Å². The molecule has 0 spiro atoms. The molecule has 0 saturated carbocycles. The third kappa shape index (κ3) is 4.23. The number of hydrogen-bond acceptors (Lipinski definition) is 5. The van der Waals surface area contributed by atoms with E-state index in [1.165, 1.54) is 6.07 Å². The lowest BCUT2D eigenvalue weighted by Gasteiger charge is -2.09.